The largest absolute Gasteiger partial charge is 0.148 e. The van der Waals surface area contributed by atoms with E-state index >= 15 is 0 Å². The molecule has 0 radical (unpaired) electrons. The fourth-order valence-electron chi connectivity index (χ4n) is 0.977. The molecule has 0 N–H and O–H groups in total. The lowest BCUT2D eigenvalue weighted by atomic mass is 10.3. The second-order valence-electron chi connectivity index (χ2n) is 1.95. The Morgan fingerprint density at radius 2 is 2.62 bits per heavy atom. The van der Waals surface area contributed by atoms with Crippen LogP contribution < -0.4 is 0 Å². The highest BCUT2D eigenvalue weighted by Crippen LogP contribution is 2.47. The second-order valence-corrected chi connectivity index (χ2v) is 2.90. The third kappa shape index (κ3) is 0.353. The molecule has 40 valence electrons. The van der Waals surface area contributed by atoms with Gasteiger partial charge in [0.25, 0.3) is 0 Å². The third-order valence-corrected chi connectivity index (χ3v) is 2.51. The topological polar surface area (TPSA) is 0 Å². The summed E-state index contributed by atoms with van der Waals surface area (Å²) in [5, 5.41) is 2.13. The molecule has 2 rings (SSSR count). The number of allylic oxidation sites excluding steroid dienone is 1. The van der Waals surface area contributed by atoms with Crippen molar-refractivity contribution in [3.63, 3.8) is 0 Å². The maximum Gasteiger partial charge on any atom is 0.0375 e. The minimum atomic E-state index is 0.644. The van der Waals surface area contributed by atoms with Crippen molar-refractivity contribution in [2.24, 2.45) is 0 Å². The van der Waals surface area contributed by atoms with Crippen molar-refractivity contribution < 1.29 is 0 Å². The van der Waals surface area contributed by atoms with E-state index in [1.807, 2.05) is 17.4 Å². The Morgan fingerprint density at radius 1 is 1.75 bits per heavy atom. The average Bonchev–Trinajstić information content (AvgIpc) is 2.22. The summed E-state index contributed by atoms with van der Waals surface area (Å²) in [6.45, 7) is 3.72. The van der Waals surface area contributed by atoms with Crippen molar-refractivity contribution in [2.75, 3.05) is 0 Å². The van der Waals surface area contributed by atoms with Gasteiger partial charge in [0.15, 0.2) is 0 Å². The second kappa shape index (κ2) is 1.23. The fourth-order valence-corrected chi connectivity index (χ4v) is 1.98. The highest BCUT2D eigenvalue weighted by atomic mass is 32.1. The van der Waals surface area contributed by atoms with Crippen LogP contribution in [0.5, 0.6) is 0 Å². The van der Waals surface area contributed by atoms with E-state index in [1.165, 1.54) is 10.4 Å². The Bertz CT molecular complexity index is 204. The van der Waals surface area contributed by atoms with Crippen LogP contribution in [0, 0.1) is 0 Å². The molecule has 1 aromatic heterocycles. The van der Waals surface area contributed by atoms with Gasteiger partial charge in [-0.1, -0.05) is 6.08 Å². The number of thiophene rings is 1. The van der Waals surface area contributed by atoms with E-state index in [1.54, 1.807) is 0 Å². The summed E-state index contributed by atoms with van der Waals surface area (Å²) in [6.07, 6.45) is 2.00. The van der Waals surface area contributed by atoms with Gasteiger partial charge in [0.05, 0.1) is 0 Å². The minimum absolute atomic E-state index is 0.644. The molecule has 0 saturated carbocycles. The van der Waals surface area contributed by atoms with Crippen LogP contribution in [0.15, 0.2) is 24.1 Å². The van der Waals surface area contributed by atoms with Gasteiger partial charge in [-0.25, -0.2) is 0 Å². The highest BCUT2D eigenvalue weighted by molar-refractivity contribution is 7.11. The highest BCUT2D eigenvalue weighted by Gasteiger charge is 2.30. The molecule has 0 amide bonds. The number of hydrogen-bond donors (Lipinski definition) is 0. The lowest BCUT2D eigenvalue weighted by molar-refractivity contribution is 1.33. The minimum Gasteiger partial charge on any atom is -0.148 e. The summed E-state index contributed by atoms with van der Waals surface area (Å²) in [7, 11) is 0. The van der Waals surface area contributed by atoms with E-state index in [2.05, 4.69) is 18.0 Å². The normalized spacial score (nSPS) is 22.2. The Balaban J connectivity index is 2.42. The van der Waals surface area contributed by atoms with Gasteiger partial charge >= 0.3 is 0 Å². The fraction of sp³-hybridized carbons (Fsp3) is 0.143. The van der Waals surface area contributed by atoms with Crippen molar-refractivity contribution in [1.29, 1.82) is 0 Å². The summed E-state index contributed by atoms with van der Waals surface area (Å²) in [5.41, 5.74) is 1.49. The maximum absolute atomic E-state index is 3.72. The first-order valence-corrected chi connectivity index (χ1v) is 3.51. The smallest absolute Gasteiger partial charge is 0.0375 e. The van der Waals surface area contributed by atoms with E-state index in [0.29, 0.717) is 5.92 Å². The number of hydrogen-bond acceptors (Lipinski definition) is 1. The monoisotopic (exact) mass is 122 g/mol. The van der Waals surface area contributed by atoms with Gasteiger partial charge in [0, 0.05) is 10.8 Å². The van der Waals surface area contributed by atoms with E-state index in [9.17, 15) is 0 Å². The van der Waals surface area contributed by atoms with E-state index < -0.39 is 0 Å². The van der Waals surface area contributed by atoms with E-state index in [-0.39, 0.29) is 0 Å². The Labute approximate surface area is 52.5 Å². The third-order valence-electron chi connectivity index (χ3n) is 1.50. The zero-order valence-corrected chi connectivity index (χ0v) is 5.24. The zero-order chi connectivity index (χ0) is 5.56. The molecule has 1 aromatic rings. The van der Waals surface area contributed by atoms with Crippen LogP contribution in [0.4, 0.5) is 0 Å². The van der Waals surface area contributed by atoms with Crippen molar-refractivity contribution >= 4 is 11.3 Å². The van der Waals surface area contributed by atoms with Gasteiger partial charge in [0.2, 0.25) is 0 Å². The van der Waals surface area contributed by atoms with Crippen molar-refractivity contribution in [1.82, 2.24) is 0 Å². The van der Waals surface area contributed by atoms with Crippen LogP contribution >= 0.6 is 11.3 Å². The van der Waals surface area contributed by atoms with Crippen molar-refractivity contribution in [2.45, 2.75) is 5.92 Å². The molecule has 0 nitrogen and oxygen atoms in total. The Kier molecular flexibility index (Phi) is 0.667. The van der Waals surface area contributed by atoms with Crippen molar-refractivity contribution in [3.8, 4) is 0 Å². The van der Waals surface area contributed by atoms with Crippen LogP contribution in [0.2, 0.25) is 0 Å². The summed E-state index contributed by atoms with van der Waals surface area (Å²) >= 11 is 1.83. The van der Waals surface area contributed by atoms with Gasteiger partial charge in [0.1, 0.15) is 0 Å². The molecule has 1 heterocycles. The first-order chi connectivity index (χ1) is 3.93. The molecule has 0 saturated heterocycles. The molecule has 1 heteroatoms. The molecular weight excluding hydrogens is 116 g/mol. The first kappa shape index (κ1) is 4.33. The molecule has 0 aromatic carbocycles. The molecular formula is C7H6S. The molecule has 1 aliphatic rings. The molecule has 0 spiro atoms. The predicted octanol–water partition coefficient (Wildman–Crippen LogP) is 2.38. The lowest BCUT2D eigenvalue weighted by Gasteiger charge is -1.77. The van der Waals surface area contributed by atoms with Crippen LogP contribution in [-0.4, -0.2) is 0 Å². The molecule has 1 unspecified atom stereocenters. The summed E-state index contributed by atoms with van der Waals surface area (Å²) in [6, 6.07) is 2.17. The SMILES string of the molecule is C=CC1c2ccsc21. The predicted molar refractivity (Wildman–Crippen MR) is 36.4 cm³/mol. The Hall–Kier alpha value is -0.560. The van der Waals surface area contributed by atoms with Crippen LogP contribution in [0.3, 0.4) is 0 Å². The van der Waals surface area contributed by atoms with Crippen LogP contribution in [0.1, 0.15) is 16.4 Å². The molecule has 8 heavy (non-hydrogen) atoms. The number of rotatable bonds is 1. The van der Waals surface area contributed by atoms with Gasteiger partial charge in [-0.15, -0.1) is 17.9 Å². The molecule has 0 bridgehead atoms. The van der Waals surface area contributed by atoms with Gasteiger partial charge < -0.3 is 0 Å². The van der Waals surface area contributed by atoms with Crippen molar-refractivity contribution in [3.05, 3.63) is 34.5 Å². The average molecular weight is 122 g/mol. The van der Waals surface area contributed by atoms with E-state index in [0.717, 1.165) is 0 Å². The first-order valence-electron chi connectivity index (χ1n) is 2.63. The van der Waals surface area contributed by atoms with Crippen LogP contribution in [0.25, 0.3) is 0 Å². The van der Waals surface area contributed by atoms with Gasteiger partial charge in [-0.05, 0) is 17.0 Å². The molecule has 1 aliphatic carbocycles. The van der Waals surface area contributed by atoms with Gasteiger partial charge in [-0.2, -0.15) is 0 Å². The summed E-state index contributed by atoms with van der Waals surface area (Å²) < 4.78 is 0. The summed E-state index contributed by atoms with van der Waals surface area (Å²) in [5.74, 6) is 0.644. The van der Waals surface area contributed by atoms with Crippen LogP contribution in [-0.2, 0) is 0 Å². The molecule has 0 aliphatic heterocycles. The molecule has 0 fully saturated rings. The summed E-state index contributed by atoms with van der Waals surface area (Å²) in [4.78, 5) is 1.51. The van der Waals surface area contributed by atoms with E-state index in [4.69, 9.17) is 0 Å². The standard InChI is InChI=1S/C7H6S/c1-2-5-6-3-4-8-7(5)6/h2-5H,1H2. The van der Waals surface area contributed by atoms with Gasteiger partial charge in [-0.3, -0.25) is 0 Å². The Morgan fingerprint density at radius 3 is 3.00 bits per heavy atom. The maximum atomic E-state index is 3.72. The lowest BCUT2D eigenvalue weighted by Crippen LogP contribution is -1.58. The molecule has 1 atom stereocenters. The number of fused-ring (bicyclic) bond motifs is 1. The quantitative estimate of drug-likeness (QED) is 0.502. The zero-order valence-electron chi connectivity index (χ0n) is 4.42.